The number of amidine groups is 1. The molecule has 0 saturated heterocycles. The van der Waals surface area contributed by atoms with E-state index in [1.165, 1.54) is 0 Å². The van der Waals surface area contributed by atoms with Crippen LogP contribution in [0.3, 0.4) is 0 Å². The van der Waals surface area contributed by atoms with Gasteiger partial charge in [0, 0.05) is 19.3 Å². The summed E-state index contributed by atoms with van der Waals surface area (Å²) in [7, 11) is -1.93. The maximum Gasteiger partial charge on any atom is 0.256 e. The minimum absolute atomic E-state index is 0.0492. The molecule has 0 bridgehead atoms. The summed E-state index contributed by atoms with van der Waals surface area (Å²) in [5.41, 5.74) is 1.29. The first-order valence-electron chi connectivity index (χ1n) is 10.0. The summed E-state index contributed by atoms with van der Waals surface area (Å²) >= 11 is 0. The number of likely N-dealkylation sites (N-methyl/N-ethyl adjacent to an activating group) is 1. The number of ether oxygens (including phenoxy) is 1. The highest BCUT2D eigenvalue weighted by atomic mass is 32.2. The first-order valence-corrected chi connectivity index (χ1v) is 11.6. The molecule has 1 unspecified atom stereocenters. The second-order valence-corrected chi connectivity index (χ2v) is 8.79. The molecule has 3 rings (SSSR count). The van der Waals surface area contributed by atoms with Crippen molar-refractivity contribution in [3.8, 4) is 5.75 Å². The summed E-state index contributed by atoms with van der Waals surface area (Å²) in [5, 5.41) is 2.97. The molecule has 8 nitrogen and oxygen atoms in total. The van der Waals surface area contributed by atoms with Crippen LogP contribution in [0.4, 0.5) is 0 Å². The van der Waals surface area contributed by atoms with E-state index < -0.39 is 10.0 Å². The standard InChI is InChI=1S/C21H28N4O4S/c1-4-24(5-2)19(16-8-6-9-17(14-16)29-3)15-22-21(26)18-10-7-11-25-12-13-30(27,28)23-20(18)25/h6-11,14,19H,4-5,12-13,15H2,1-3H3,(H,22,26). The maximum atomic E-state index is 13.0. The lowest BCUT2D eigenvalue weighted by molar-refractivity contribution is -0.117. The van der Waals surface area contributed by atoms with Crippen LogP contribution in [0, 0.1) is 0 Å². The molecule has 1 atom stereocenters. The lowest BCUT2D eigenvalue weighted by Gasteiger charge is -2.31. The summed E-state index contributed by atoms with van der Waals surface area (Å²) < 4.78 is 33.0. The van der Waals surface area contributed by atoms with E-state index in [1.54, 1.807) is 30.4 Å². The normalized spacial score (nSPS) is 18.3. The van der Waals surface area contributed by atoms with Crippen molar-refractivity contribution in [3.05, 3.63) is 53.8 Å². The largest absolute Gasteiger partial charge is 0.497 e. The van der Waals surface area contributed by atoms with E-state index in [4.69, 9.17) is 4.74 Å². The number of benzene rings is 1. The summed E-state index contributed by atoms with van der Waals surface area (Å²) in [6.07, 6.45) is 5.07. The number of fused-ring (bicyclic) bond motifs is 1. The molecule has 1 amide bonds. The second kappa shape index (κ2) is 9.44. The number of sulfonamides is 1. The Bertz CT molecular complexity index is 980. The first kappa shape index (κ1) is 22.0. The highest BCUT2D eigenvalue weighted by Gasteiger charge is 2.30. The monoisotopic (exact) mass is 432 g/mol. The van der Waals surface area contributed by atoms with Crippen LogP contribution >= 0.6 is 0 Å². The molecule has 0 fully saturated rings. The molecule has 0 saturated carbocycles. The summed E-state index contributed by atoms with van der Waals surface area (Å²) in [4.78, 5) is 16.9. The number of hydrogen-bond acceptors (Lipinski definition) is 6. The fourth-order valence-electron chi connectivity index (χ4n) is 3.65. The molecule has 0 spiro atoms. The topological polar surface area (TPSA) is 91.3 Å². The number of carbonyl (C=O) groups excluding carboxylic acids is 1. The molecule has 0 radical (unpaired) electrons. The zero-order chi connectivity index (χ0) is 21.7. The van der Waals surface area contributed by atoms with Crippen LogP contribution in [0.25, 0.3) is 0 Å². The number of rotatable bonds is 8. The molecule has 1 aromatic rings. The van der Waals surface area contributed by atoms with Gasteiger partial charge in [-0.2, -0.15) is 0 Å². The zero-order valence-corrected chi connectivity index (χ0v) is 18.4. The smallest absolute Gasteiger partial charge is 0.256 e. The molecule has 9 heteroatoms. The van der Waals surface area contributed by atoms with Crippen molar-refractivity contribution in [2.24, 2.45) is 4.40 Å². The highest BCUT2D eigenvalue weighted by molar-refractivity contribution is 7.90. The van der Waals surface area contributed by atoms with Gasteiger partial charge >= 0.3 is 0 Å². The SMILES string of the molecule is CCN(CC)C(CNC(=O)C1=CC=CN2CCS(=O)(=O)N=C12)c1cccc(OC)c1. The predicted octanol–water partition coefficient (Wildman–Crippen LogP) is 1.69. The fourth-order valence-corrected chi connectivity index (χ4v) is 4.63. The predicted molar refractivity (Wildman–Crippen MR) is 117 cm³/mol. The number of methoxy groups -OCH3 is 1. The number of nitrogens with one attached hydrogen (secondary N) is 1. The number of allylic oxidation sites excluding steroid dienone is 2. The Labute approximate surface area is 178 Å². The van der Waals surface area contributed by atoms with Gasteiger partial charge in [-0.1, -0.05) is 26.0 Å². The summed E-state index contributed by atoms with van der Waals surface area (Å²) in [5.74, 6) is 0.533. The van der Waals surface area contributed by atoms with Gasteiger partial charge in [0.1, 0.15) is 5.75 Å². The maximum absolute atomic E-state index is 13.0. The molecule has 1 aromatic carbocycles. The van der Waals surface area contributed by atoms with Crippen LogP contribution in [0.5, 0.6) is 5.75 Å². The van der Waals surface area contributed by atoms with E-state index in [0.717, 1.165) is 24.4 Å². The Kier molecular flexibility index (Phi) is 6.94. The molecule has 30 heavy (non-hydrogen) atoms. The Balaban J connectivity index is 1.81. The molecule has 0 aliphatic carbocycles. The molecule has 1 N–H and O–H groups in total. The Morgan fingerprint density at radius 3 is 2.80 bits per heavy atom. The van der Waals surface area contributed by atoms with Crippen molar-refractivity contribution in [3.63, 3.8) is 0 Å². The van der Waals surface area contributed by atoms with Crippen molar-refractivity contribution < 1.29 is 17.9 Å². The quantitative estimate of drug-likeness (QED) is 0.672. The van der Waals surface area contributed by atoms with Crippen LogP contribution in [-0.4, -0.2) is 69.0 Å². The number of amides is 1. The van der Waals surface area contributed by atoms with Crippen molar-refractivity contribution in [1.82, 2.24) is 15.1 Å². The van der Waals surface area contributed by atoms with Gasteiger partial charge in [-0.15, -0.1) is 4.40 Å². The fraction of sp³-hybridized carbons (Fsp3) is 0.429. The Hall–Kier alpha value is -2.65. The number of nitrogens with zero attached hydrogens (tertiary/aromatic N) is 3. The lowest BCUT2D eigenvalue weighted by Crippen LogP contribution is -2.44. The van der Waals surface area contributed by atoms with Gasteiger partial charge in [-0.25, -0.2) is 8.42 Å². The Morgan fingerprint density at radius 1 is 1.33 bits per heavy atom. The third kappa shape index (κ3) is 4.91. The van der Waals surface area contributed by atoms with Crippen molar-refractivity contribution in [1.29, 1.82) is 0 Å². The molecule has 2 aliphatic rings. The van der Waals surface area contributed by atoms with E-state index in [-0.39, 0.29) is 35.7 Å². The average Bonchev–Trinajstić information content (AvgIpc) is 2.75. The van der Waals surface area contributed by atoms with Gasteiger partial charge in [0.2, 0.25) is 0 Å². The molecular weight excluding hydrogens is 404 g/mol. The van der Waals surface area contributed by atoms with E-state index in [0.29, 0.717) is 6.54 Å². The minimum atomic E-state index is -3.55. The van der Waals surface area contributed by atoms with E-state index in [1.807, 2.05) is 24.3 Å². The van der Waals surface area contributed by atoms with E-state index in [9.17, 15) is 13.2 Å². The number of carbonyl (C=O) groups is 1. The highest BCUT2D eigenvalue weighted by Crippen LogP contribution is 2.24. The van der Waals surface area contributed by atoms with Crippen LogP contribution in [0.1, 0.15) is 25.5 Å². The van der Waals surface area contributed by atoms with Crippen LogP contribution < -0.4 is 10.1 Å². The van der Waals surface area contributed by atoms with Gasteiger partial charge in [0.25, 0.3) is 15.9 Å². The van der Waals surface area contributed by atoms with Gasteiger partial charge in [-0.3, -0.25) is 9.69 Å². The summed E-state index contributed by atoms with van der Waals surface area (Å²) in [6.45, 7) is 6.44. The molecular formula is C21H28N4O4S. The van der Waals surface area contributed by atoms with E-state index >= 15 is 0 Å². The minimum Gasteiger partial charge on any atom is -0.497 e. The van der Waals surface area contributed by atoms with Crippen LogP contribution in [-0.2, 0) is 14.8 Å². The molecule has 2 heterocycles. The summed E-state index contributed by atoms with van der Waals surface area (Å²) in [6, 6.07) is 7.75. The zero-order valence-electron chi connectivity index (χ0n) is 17.5. The van der Waals surface area contributed by atoms with Gasteiger partial charge in [-0.05, 0) is 42.9 Å². The third-order valence-corrected chi connectivity index (χ3v) is 6.44. The van der Waals surface area contributed by atoms with Gasteiger partial charge in [0.15, 0.2) is 5.84 Å². The second-order valence-electron chi connectivity index (χ2n) is 7.04. The first-order chi connectivity index (χ1) is 14.4. The Morgan fingerprint density at radius 2 is 2.10 bits per heavy atom. The molecule has 162 valence electrons. The molecule has 2 aliphatic heterocycles. The number of hydrogen-bond donors (Lipinski definition) is 1. The van der Waals surface area contributed by atoms with Crippen molar-refractivity contribution in [2.45, 2.75) is 19.9 Å². The molecule has 0 aromatic heterocycles. The average molecular weight is 433 g/mol. The van der Waals surface area contributed by atoms with E-state index in [2.05, 4.69) is 28.5 Å². The third-order valence-electron chi connectivity index (χ3n) is 5.29. The lowest BCUT2D eigenvalue weighted by atomic mass is 10.0. The van der Waals surface area contributed by atoms with Crippen molar-refractivity contribution >= 4 is 21.8 Å². The van der Waals surface area contributed by atoms with Crippen LogP contribution in [0.2, 0.25) is 0 Å². The van der Waals surface area contributed by atoms with Gasteiger partial charge < -0.3 is 15.0 Å². The van der Waals surface area contributed by atoms with Gasteiger partial charge in [0.05, 0.1) is 24.5 Å². The van der Waals surface area contributed by atoms with Crippen molar-refractivity contribution in [2.75, 3.05) is 39.0 Å². The van der Waals surface area contributed by atoms with Crippen LogP contribution in [0.15, 0.2) is 52.6 Å².